The average Bonchev–Trinajstić information content (AvgIpc) is 2.85. The highest BCUT2D eigenvalue weighted by Crippen LogP contribution is 2.28. The van der Waals surface area contributed by atoms with Crippen molar-refractivity contribution in [2.75, 3.05) is 11.1 Å². The Hall–Kier alpha value is -2.46. The van der Waals surface area contributed by atoms with Crippen LogP contribution in [0.3, 0.4) is 0 Å². The summed E-state index contributed by atoms with van der Waals surface area (Å²) >= 11 is 6.11. The lowest BCUT2D eigenvalue weighted by atomic mass is 10.1. The molecule has 5 heteroatoms. The number of para-hydroxylation sites is 1. The maximum atomic E-state index is 12.5. The molecule has 0 aliphatic heterocycles. The van der Waals surface area contributed by atoms with Gasteiger partial charge >= 0.3 is 0 Å². The van der Waals surface area contributed by atoms with Gasteiger partial charge < -0.3 is 15.6 Å². The SMILES string of the molecule is Cn1ccc2cccc(C(=O)Nc3cccc(N)c3Cl)c21. The maximum Gasteiger partial charge on any atom is 0.257 e. The Morgan fingerprint density at radius 3 is 2.76 bits per heavy atom. The minimum Gasteiger partial charge on any atom is -0.397 e. The van der Waals surface area contributed by atoms with E-state index in [9.17, 15) is 4.79 Å². The summed E-state index contributed by atoms with van der Waals surface area (Å²) in [6, 6.07) is 12.8. The molecule has 2 aromatic carbocycles. The standard InChI is InChI=1S/C16H14ClN3O/c1-20-9-8-10-4-2-5-11(15(10)20)16(21)19-13-7-3-6-12(18)14(13)17/h2-9H,18H2,1H3,(H,19,21). The van der Waals surface area contributed by atoms with Crippen molar-refractivity contribution in [3.8, 4) is 0 Å². The number of carbonyl (C=O) groups is 1. The summed E-state index contributed by atoms with van der Waals surface area (Å²) in [6.07, 6.45) is 1.93. The van der Waals surface area contributed by atoms with Crippen molar-refractivity contribution in [3.05, 3.63) is 59.2 Å². The number of nitrogen functional groups attached to an aromatic ring is 1. The van der Waals surface area contributed by atoms with Crippen LogP contribution in [0.2, 0.25) is 5.02 Å². The number of nitrogens with zero attached hydrogens (tertiary/aromatic N) is 1. The molecule has 4 nitrogen and oxygen atoms in total. The van der Waals surface area contributed by atoms with Gasteiger partial charge in [-0.25, -0.2) is 0 Å². The second-order valence-electron chi connectivity index (χ2n) is 4.83. The molecular weight excluding hydrogens is 286 g/mol. The number of hydrogen-bond acceptors (Lipinski definition) is 2. The molecule has 0 radical (unpaired) electrons. The molecule has 0 saturated carbocycles. The zero-order valence-electron chi connectivity index (χ0n) is 11.4. The molecule has 106 valence electrons. The van der Waals surface area contributed by atoms with Crippen molar-refractivity contribution in [2.45, 2.75) is 0 Å². The first kappa shape index (κ1) is 13.5. The average molecular weight is 300 g/mol. The molecule has 0 saturated heterocycles. The lowest BCUT2D eigenvalue weighted by molar-refractivity contribution is 0.102. The Morgan fingerprint density at radius 2 is 1.95 bits per heavy atom. The molecule has 0 bridgehead atoms. The van der Waals surface area contributed by atoms with Crippen LogP contribution in [-0.4, -0.2) is 10.5 Å². The van der Waals surface area contributed by atoms with Gasteiger partial charge in [-0.2, -0.15) is 0 Å². The Bertz CT molecular complexity index is 839. The first-order valence-corrected chi connectivity index (χ1v) is 6.85. The van der Waals surface area contributed by atoms with E-state index in [1.807, 2.05) is 36.0 Å². The number of benzene rings is 2. The van der Waals surface area contributed by atoms with Crippen molar-refractivity contribution in [2.24, 2.45) is 7.05 Å². The van der Waals surface area contributed by atoms with Crippen LogP contribution in [0.1, 0.15) is 10.4 Å². The van der Waals surface area contributed by atoms with E-state index < -0.39 is 0 Å². The van der Waals surface area contributed by atoms with E-state index in [1.165, 1.54) is 0 Å². The summed E-state index contributed by atoms with van der Waals surface area (Å²) < 4.78 is 1.92. The van der Waals surface area contributed by atoms with Gasteiger partial charge in [-0.1, -0.05) is 29.8 Å². The molecule has 0 unspecified atom stereocenters. The number of fused-ring (bicyclic) bond motifs is 1. The molecule has 1 heterocycles. The topological polar surface area (TPSA) is 60.0 Å². The predicted octanol–water partition coefficient (Wildman–Crippen LogP) is 3.67. The molecule has 1 aromatic heterocycles. The lowest BCUT2D eigenvalue weighted by Gasteiger charge is -2.10. The first-order chi connectivity index (χ1) is 10.1. The predicted molar refractivity (Wildman–Crippen MR) is 86.7 cm³/mol. The van der Waals surface area contributed by atoms with Crippen molar-refractivity contribution in [1.82, 2.24) is 4.57 Å². The number of carbonyl (C=O) groups excluding carboxylic acids is 1. The highest BCUT2D eigenvalue weighted by Gasteiger charge is 2.14. The van der Waals surface area contributed by atoms with E-state index in [2.05, 4.69) is 5.32 Å². The summed E-state index contributed by atoms with van der Waals surface area (Å²) in [5.74, 6) is -0.213. The molecule has 3 N–H and O–H groups in total. The Balaban J connectivity index is 2.01. The van der Waals surface area contributed by atoms with Gasteiger partial charge in [-0.3, -0.25) is 4.79 Å². The number of aromatic nitrogens is 1. The molecule has 21 heavy (non-hydrogen) atoms. The second-order valence-corrected chi connectivity index (χ2v) is 5.21. The third kappa shape index (κ3) is 2.34. The van der Waals surface area contributed by atoms with E-state index >= 15 is 0 Å². The summed E-state index contributed by atoms with van der Waals surface area (Å²) in [6.45, 7) is 0. The summed E-state index contributed by atoms with van der Waals surface area (Å²) in [5.41, 5.74) is 8.17. The molecule has 1 amide bonds. The van der Waals surface area contributed by atoms with Crippen LogP contribution in [0.25, 0.3) is 10.9 Å². The highest BCUT2D eigenvalue weighted by atomic mass is 35.5. The number of nitrogens with one attached hydrogen (secondary N) is 1. The monoisotopic (exact) mass is 299 g/mol. The highest BCUT2D eigenvalue weighted by molar-refractivity contribution is 6.36. The number of rotatable bonds is 2. The number of amides is 1. The van der Waals surface area contributed by atoms with Crippen molar-refractivity contribution < 1.29 is 4.79 Å². The molecular formula is C16H14ClN3O. The summed E-state index contributed by atoms with van der Waals surface area (Å²) in [4.78, 5) is 12.5. The van der Waals surface area contributed by atoms with Gasteiger partial charge in [0.1, 0.15) is 0 Å². The van der Waals surface area contributed by atoms with Crippen LogP contribution in [0, 0.1) is 0 Å². The van der Waals surface area contributed by atoms with Crippen LogP contribution in [0.5, 0.6) is 0 Å². The van der Waals surface area contributed by atoms with Crippen LogP contribution < -0.4 is 11.1 Å². The van der Waals surface area contributed by atoms with Crippen LogP contribution in [0.15, 0.2) is 48.7 Å². The fourth-order valence-corrected chi connectivity index (χ4v) is 2.55. The molecule has 0 spiro atoms. The normalized spacial score (nSPS) is 10.8. The van der Waals surface area contributed by atoms with E-state index in [1.54, 1.807) is 24.3 Å². The third-order valence-corrected chi connectivity index (χ3v) is 3.84. The molecule has 0 aliphatic rings. The van der Waals surface area contributed by atoms with Gasteiger partial charge in [-0.05, 0) is 24.3 Å². The lowest BCUT2D eigenvalue weighted by Crippen LogP contribution is -2.13. The first-order valence-electron chi connectivity index (χ1n) is 6.47. The summed E-state index contributed by atoms with van der Waals surface area (Å²) in [7, 11) is 1.91. The Kier molecular flexibility index (Phi) is 3.31. The van der Waals surface area contributed by atoms with Crippen LogP contribution in [-0.2, 0) is 7.05 Å². The Morgan fingerprint density at radius 1 is 1.19 bits per heavy atom. The second kappa shape index (κ2) is 5.14. The van der Waals surface area contributed by atoms with Crippen molar-refractivity contribution in [3.63, 3.8) is 0 Å². The largest absolute Gasteiger partial charge is 0.397 e. The summed E-state index contributed by atoms with van der Waals surface area (Å²) in [5, 5.41) is 4.18. The fourth-order valence-electron chi connectivity index (χ4n) is 2.38. The number of aryl methyl sites for hydroxylation is 1. The van der Waals surface area contributed by atoms with Crippen molar-refractivity contribution >= 4 is 39.8 Å². The van der Waals surface area contributed by atoms with Crippen LogP contribution >= 0.6 is 11.6 Å². The van der Waals surface area contributed by atoms with E-state index in [0.29, 0.717) is 22.0 Å². The minimum absolute atomic E-state index is 0.213. The number of nitrogens with two attached hydrogens (primary N) is 1. The smallest absolute Gasteiger partial charge is 0.257 e. The van der Waals surface area contributed by atoms with Gasteiger partial charge in [0.25, 0.3) is 5.91 Å². The zero-order valence-corrected chi connectivity index (χ0v) is 12.2. The van der Waals surface area contributed by atoms with Gasteiger partial charge in [0, 0.05) is 18.6 Å². The van der Waals surface area contributed by atoms with Gasteiger partial charge in [-0.15, -0.1) is 0 Å². The van der Waals surface area contributed by atoms with Crippen LogP contribution in [0.4, 0.5) is 11.4 Å². The number of hydrogen-bond donors (Lipinski definition) is 2. The zero-order chi connectivity index (χ0) is 15.0. The number of anilines is 2. The molecule has 0 atom stereocenters. The number of halogens is 1. The van der Waals surface area contributed by atoms with E-state index in [4.69, 9.17) is 17.3 Å². The van der Waals surface area contributed by atoms with Gasteiger partial charge in [0.2, 0.25) is 0 Å². The fraction of sp³-hybridized carbons (Fsp3) is 0.0625. The van der Waals surface area contributed by atoms with E-state index in [0.717, 1.165) is 10.9 Å². The molecule has 3 rings (SSSR count). The molecule has 3 aromatic rings. The van der Waals surface area contributed by atoms with E-state index in [-0.39, 0.29) is 5.91 Å². The quantitative estimate of drug-likeness (QED) is 0.709. The van der Waals surface area contributed by atoms with Crippen molar-refractivity contribution in [1.29, 1.82) is 0 Å². The maximum absolute atomic E-state index is 12.5. The molecule has 0 aliphatic carbocycles. The Labute approximate surface area is 127 Å². The van der Waals surface area contributed by atoms with Gasteiger partial charge in [0.05, 0.1) is 27.5 Å². The third-order valence-electron chi connectivity index (χ3n) is 3.42. The van der Waals surface area contributed by atoms with Gasteiger partial charge in [0.15, 0.2) is 0 Å². The molecule has 0 fully saturated rings. The minimum atomic E-state index is -0.213.